The molecule has 4 heteroatoms. The average Bonchev–Trinajstić information content (AvgIpc) is 2.52. The van der Waals surface area contributed by atoms with Crippen molar-refractivity contribution in [3.05, 3.63) is 11.6 Å². The van der Waals surface area contributed by atoms with Gasteiger partial charge in [-0.15, -0.1) is 22.9 Å². The molecular weight excluding hydrogens is 180 g/mol. The molecule has 0 aliphatic heterocycles. The Morgan fingerprint density at radius 1 is 1.82 bits per heavy atom. The van der Waals surface area contributed by atoms with Gasteiger partial charge >= 0.3 is 0 Å². The Kier molecular flexibility index (Phi) is 3.66. The van der Waals surface area contributed by atoms with Crippen LogP contribution in [0.5, 0.6) is 0 Å². The predicted molar refractivity (Wildman–Crippen MR) is 50.5 cm³/mol. The van der Waals surface area contributed by atoms with Gasteiger partial charge in [0.1, 0.15) is 0 Å². The first-order valence-corrected chi connectivity index (χ1v) is 4.92. The molecule has 0 fully saturated rings. The summed E-state index contributed by atoms with van der Waals surface area (Å²) < 4.78 is 0. The molecule has 11 heavy (non-hydrogen) atoms. The second kappa shape index (κ2) is 4.57. The van der Waals surface area contributed by atoms with Crippen LogP contribution in [0.4, 0.5) is 5.13 Å². The van der Waals surface area contributed by atoms with E-state index < -0.39 is 0 Å². The summed E-state index contributed by atoms with van der Waals surface area (Å²) in [5, 5.41) is 6.25. The van der Waals surface area contributed by atoms with Crippen LogP contribution in [0.1, 0.15) is 13.3 Å². The van der Waals surface area contributed by atoms with Gasteiger partial charge in [0.05, 0.1) is 5.38 Å². The van der Waals surface area contributed by atoms with Gasteiger partial charge in [-0.3, -0.25) is 0 Å². The fourth-order valence-electron chi connectivity index (χ4n) is 0.653. The first kappa shape index (κ1) is 8.81. The van der Waals surface area contributed by atoms with Crippen LogP contribution in [0.15, 0.2) is 11.6 Å². The van der Waals surface area contributed by atoms with Crippen molar-refractivity contribution in [2.24, 2.45) is 0 Å². The largest absolute Gasteiger partial charge is 0.360 e. The maximum absolute atomic E-state index is 5.90. The quantitative estimate of drug-likeness (QED) is 0.739. The van der Waals surface area contributed by atoms with Crippen molar-refractivity contribution >= 4 is 28.1 Å². The monoisotopic (exact) mass is 190 g/mol. The topological polar surface area (TPSA) is 24.9 Å². The molecule has 1 aromatic heterocycles. The molecule has 0 saturated carbocycles. The van der Waals surface area contributed by atoms with Crippen molar-refractivity contribution < 1.29 is 0 Å². The lowest BCUT2D eigenvalue weighted by atomic mass is 10.3. The maximum atomic E-state index is 5.90. The van der Waals surface area contributed by atoms with Crippen LogP contribution in [-0.2, 0) is 0 Å². The van der Waals surface area contributed by atoms with E-state index in [9.17, 15) is 0 Å². The number of aromatic nitrogens is 1. The minimum Gasteiger partial charge on any atom is -0.360 e. The highest BCUT2D eigenvalue weighted by atomic mass is 35.5. The van der Waals surface area contributed by atoms with Crippen molar-refractivity contribution in [1.82, 2.24) is 4.98 Å². The molecule has 0 spiro atoms. The van der Waals surface area contributed by atoms with Crippen LogP contribution in [-0.4, -0.2) is 16.9 Å². The summed E-state index contributed by atoms with van der Waals surface area (Å²) in [5.74, 6) is 0. The molecule has 0 amide bonds. The van der Waals surface area contributed by atoms with Gasteiger partial charge < -0.3 is 5.32 Å². The first-order valence-electron chi connectivity index (χ1n) is 3.60. The number of hydrogen-bond donors (Lipinski definition) is 1. The molecule has 1 heterocycles. The highest BCUT2D eigenvalue weighted by molar-refractivity contribution is 7.13. The van der Waals surface area contributed by atoms with Gasteiger partial charge in [0.15, 0.2) is 5.13 Å². The summed E-state index contributed by atoms with van der Waals surface area (Å²) in [5.41, 5.74) is 0. The second-order valence-electron chi connectivity index (χ2n) is 2.22. The molecule has 1 N–H and O–H groups in total. The minimum atomic E-state index is 0.207. The van der Waals surface area contributed by atoms with Gasteiger partial charge in [-0.05, 0) is 6.42 Å². The number of thiazole rings is 1. The van der Waals surface area contributed by atoms with E-state index in [1.54, 1.807) is 17.5 Å². The summed E-state index contributed by atoms with van der Waals surface area (Å²) in [6.07, 6.45) is 2.77. The van der Waals surface area contributed by atoms with E-state index in [4.69, 9.17) is 11.6 Å². The molecule has 62 valence electrons. The van der Waals surface area contributed by atoms with Gasteiger partial charge in [-0.2, -0.15) is 0 Å². The molecule has 1 rings (SSSR count). The van der Waals surface area contributed by atoms with Gasteiger partial charge in [0, 0.05) is 18.1 Å². The highest BCUT2D eigenvalue weighted by Gasteiger charge is 2.00. The second-order valence-corrected chi connectivity index (χ2v) is 3.74. The van der Waals surface area contributed by atoms with Crippen LogP contribution < -0.4 is 5.32 Å². The van der Waals surface area contributed by atoms with E-state index in [-0.39, 0.29) is 5.38 Å². The zero-order valence-corrected chi connectivity index (χ0v) is 7.95. The number of nitrogens with zero attached hydrogens (tertiary/aromatic N) is 1. The summed E-state index contributed by atoms with van der Waals surface area (Å²) in [6, 6.07) is 0. The summed E-state index contributed by atoms with van der Waals surface area (Å²) in [4.78, 5) is 4.07. The van der Waals surface area contributed by atoms with E-state index in [2.05, 4.69) is 17.2 Å². The van der Waals surface area contributed by atoms with Crippen molar-refractivity contribution in [3.8, 4) is 0 Å². The fourth-order valence-corrected chi connectivity index (χ4v) is 1.27. The fraction of sp³-hybridized carbons (Fsp3) is 0.571. The van der Waals surface area contributed by atoms with Crippen molar-refractivity contribution in [2.45, 2.75) is 18.7 Å². The van der Waals surface area contributed by atoms with E-state index in [1.165, 1.54) is 0 Å². The van der Waals surface area contributed by atoms with Gasteiger partial charge in [-0.1, -0.05) is 6.92 Å². The van der Waals surface area contributed by atoms with Crippen LogP contribution in [0.25, 0.3) is 0 Å². The van der Waals surface area contributed by atoms with Crippen LogP contribution >= 0.6 is 22.9 Å². The normalized spacial score (nSPS) is 12.9. The Balaban J connectivity index is 2.23. The Morgan fingerprint density at radius 3 is 3.18 bits per heavy atom. The van der Waals surface area contributed by atoms with Gasteiger partial charge in [-0.25, -0.2) is 4.98 Å². The first-order chi connectivity index (χ1) is 5.33. The molecule has 2 nitrogen and oxygen atoms in total. The molecule has 0 radical (unpaired) electrons. The zero-order valence-electron chi connectivity index (χ0n) is 6.38. The molecule has 0 aliphatic carbocycles. The Morgan fingerprint density at radius 2 is 2.64 bits per heavy atom. The SMILES string of the molecule is CCC(Cl)CNc1nccs1. The lowest BCUT2D eigenvalue weighted by molar-refractivity contribution is 0.843. The van der Waals surface area contributed by atoms with Crippen molar-refractivity contribution in [2.75, 3.05) is 11.9 Å². The third kappa shape index (κ3) is 3.08. The third-order valence-electron chi connectivity index (χ3n) is 1.35. The lowest BCUT2D eigenvalue weighted by Crippen LogP contribution is -2.12. The molecule has 1 unspecified atom stereocenters. The number of nitrogens with one attached hydrogen (secondary N) is 1. The highest BCUT2D eigenvalue weighted by Crippen LogP contribution is 2.11. The summed E-state index contributed by atoms with van der Waals surface area (Å²) in [6.45, 7) is 2.87. The zero-order chi connectivity index (χ0) is 8.10. The molecular formula is C7H11ClN2S. The molecule has 1 aromatic rings. The minimum absolute atomic E-state index is 0.207. The van der Waals surface area contributed by atoms with Crippen LogP contribution in [0, 0.1) is 0 Å². The third-order valence-corrected chi connectivity index (χ3v) is 2.54. The van der Waals surface area contributed by atoms with Crippen molar-refractivity contribution in [1.29, 1.82) is 0 Å². The number of halogens is 1. The van der Waals surface area contributed by atoms with Crippen molar-refractivity contribution in [3.63, 3.8) is 0 Å². The van der Waals surface area contributed by atoms with Crippen LogP contribution in [0.3, 0.4) is 0 Å². The van der Waals surface area contributed by atoms with Crippen LogP contribution in [0.2, 0.25) is 0 Å². The Labute approximate surface area is 75.6 Å². The van der Waals surface area contributed by atoms with Gasteiger partial charge in [0.2, 0.25) is 0 Å². The molecule has 0 bridgehead atoms. The molecule has 0 saturated heterocycles. The summed E-state index contributed by atoms with van der Waals surface area (Å²) >= 11 is 7.49. The standard InChI is InChI=1S/C7H11ClN2S/c1-2-6(8)5-10-7-9-3-4-11-7/h3-4,6H,2,5H2,1H3,(H,9,10). The average molecular weight is 191 g/mol. The Bertz CT molecular complexity index is 188. The Hall–Kier alpha value is -0.280. The summed E-state index contributed by atoms with van der Waals surface area (Å²) in [7, 11) is 0. The van der Waals surface area contributed by atoms with E-state index in [1.807, 2.05) is 5.38 Å². The van der Waals surface area contributed by atoms with E-state index in [0.29, 0.717) is 0 Å². The number of alkyl halides is 1. The number of hydrogen-bond acceptors (Lipinski definition) is 3. The maximum Gasteiger partial charge on any atom is 0.182 e. The smallest absolute Gasteiger partial charge is 0.182 e. The molecule has 1 atom stereocenters. The lowest BCUT2D eigenvalue weighted by Gasteiger charge is -2.05. The van der Waals surface area contributed by atoms with E-state index >= 15 is 0 Å². The molecule has 0 aromatic carbocycles. The molecule has 0 aliphatic rings. The van der Waals surface area contributed by atoms with E-state index in [0.717, 1.165) is 18.1 Å². The number of rotatable bonds is 4. The number of anilines is 1. The van der Waals surface area contributed by atoms with Gasteiger partial charge in [0.25, 0.3) is 0 Å². The predicted octanol–water partition coefficient (Wildman–Crippen LogP) is 2.57.